The van der Waals surface area contributed by atoms with Crippen molar-refractivity contribution in [1.29, 1.82) is 0 Å². The molecule has 0 saturated carbocycles. The van der Waals surface area contributed by atoms with Crippen LogP contribution in [0.25, 0.3) is 0 Å². The van der Waals surface area contributed by atoms with Crippen molar-refractivity contribution in [2.24, 2.45) is 7.05 Å². The maximum absolute atomic E-state index is 4.77. The highest BCUT2D eigenvalue weighted by molar-refractivity contribution is 7.09. The van der Waals surface area contributed by atoms with E-state index in [4.69, 9.17) is 4.98 Å². The lowest BCUT2D eigenvalue weighted by atomic mass is 10.1. The van der Waals surface area contributed by atoms with Crippen LogP contribution in [0.1, 0.15) is 54.7 Å². The number of aromatic nitrogens is 3. The lowest BCUT2D eigenvalue weighted by molar-refractivity contribution is 0.618. The van der Waals surface area contributed by atoms with E-state index in [0.717, 1.165) is 11.6 Å². The van der Waals surface area contributed by atoms with Crippen molar-refractivity contribution in [3.8, 4) is 0 Å². The molecular formula is C14H22N4S. The van der Waals surface area contributed by atoms with Gasteiger partial charge in [0.15, 0.2) is 0 Å². The molecule has 0 aromatic carbocycles. The SMILES string of the molecule is CCNC(c1nc(C(C)C)cs1)c1cnn(C)c1C. The number of rotatable bonds is 5. The molecule has 19 heavy (non-hydrogen) atoms. The van der Waals surface area contributed by atoms with E-state index in [0.29, 0.717) is 5.92 Å². The van der Waals surface area contributed by atoms with Crippen LogP contribution in [0.2, 0.25) is 0 Å². The van der Waals surface area contributed by atoms with Crippen molar-refractivity contribution >= 4 is 11.3 Å². The van der Waals surface area contributed by atoms with Crippen LogP contribution < -0.4 is 5.32 Å². The normalized spacial score (nSPS) is 13.2. The minimum atomic E-state index is 0.149. The summed E-state index contributed by atoms with van der Waals surface area (Å²) >= 11 is 1.73. The average Bonchev–Trinajstić information content (AvgIpc) is 2.97. The molecule has 4 nitrogen and oxygen atoms in total. The number of hydrogen-bond acceptors (Lipinski definition) is 4. The Kier molecular flexibility index (Phi) is 4.37. The Morgan fingerprint density at radius 1 is 1.42 bits per heavy atom. The molecule has 1 atom stereocenters. The van der Waals surface area contributed by atoms with Crippen molar-refractivity contribution in [3.63, 3.8) is 0 Å². The molecule has 104 valence electrons. The van der Waals surface area contributed by atoms with E-state index in [9.17, 15) is 0 Å². The van der Waals surface area contributed by atoms with Crippen LogP contribution in [0.3, 0.4) is 0 Å². The van der Waals surface area contributed by atoms with Gasteiger partial charge in [-0.1, -0.05) is 20.8 Å². The van der Waals surface area contributed by atoms with Gasteiger partial charge in [0.2, 0.25) is 0 Å². The first-order chi connectivity index (χ1) is 9.04. The Morgan fingerprint density at radius 3 is 2.63 bits per heavy atom. The van der Waals surface area contributed by atoms with Gasteiger partial charge in [-0.05, 0) is 19.4 Å². The quantitative estimate of drug-likeness (QED) is 0.914. The summed E-state index contributed by atoms with van der Waals surface area (Å²) in [5.41, 5.74) is 3.57. The third kappa shape index (κ3) is 2.87. The molecule has 1 unspecified atom stereocenters. The lowest BCUT2D eigenvalue weighted by Gasteiger charge is -2.15. The predicted octanol–water partition coefficient (Wildman–Crippen LogP) is 3.01. The molecular weight excluding hydrogens is 256 g/mol. The molecule has 0 fully saturated rings. The van der Waals surface area contributed by atoms with Crippen molar-refractivity contribution < 1.29 is 0 Å². The number of nitrogens with zero attached hydrogens (tertiary/aromatic N) is 3. The van der Waals surface area contributed by atoms with E-state index in [1.165, 1.54) is 17.0 Å². The largest absolute Gasteiger partial charge is 0.304 e. The van der Waals surface area contributed by atoms with Crippen LogP contribution in [0.5, 0.6) is 0 Å². The number of aryl methyl sites for hydroxylation is 1. The molecule has 2 aromatic heterocycles. The van der Waals surface area contributed by atoms with Crippen LogP contribution in [0, 0.1) is 6.92 Å². The van der Waals surface area contributed by atoms with Crippen LogP contribution in [0.15, 0.2) is 11.6 Å². The van der Waals surface area contributed by atoms with E-state index >= 15 is 0 Å². The smallest absolute Gasteiger partial charge is 0.115 e. The molecule has 0 bridgehead atoms. The van der Waals surface area contributed by atoms with Crippen molar-refractivity contribution in [2.75, 3.05) is 6.54 Å². The number of nitrogens with one attached hydrogen (secondary N) is 1. The van der Waals surface area contributed by atoms with E-state index in [1.807, 2.05) is 17.9 Å². The lowest BCUT2D eigenvalue weighted by Crippen LogP contribution is -2.22. The van der Waals surface area contributed by atoms with Crippen molar-refractivity contribution in [2.45, 2.75) is 39.7 Å². The Balaban J connectivity index is 2.36. The van der Waals surface area contributed by atoms with Gasteiger partial charge in [-0.3, -0.25) is 4.68 Å². The van der Waals surface area contributed by atoms with Crippen LogP contribution >= 0.6 is 11.3 Å². The highest BCUT2D eigenvalue weighted by atomic mass is 32.1. The van der Waals surface area contributed by atoms with E-state index < -0.39 is 0 Å². The summed E-state index contributed by atoms with van der Waals surface area (Å²) in [4.78, 5) is 4.77. The van der Waals surface area contributed by atoms with Gasteiger partial charge in [-0.2, -0.15) is 5.10 Å². The summed E-state index contributed by atoms with van der Waals surface area (Å²) in [5.74, 6) is 0.474. The summed E-state index contributed by atoms with van der Waals surface area (Å²) in [6, 6.07) is 0.149. The van der Waals surface area contributed by atoms with E-state index in [-0.39, 0.29) is 6.04 Å². The van der Waals surface area contributed by atoms with Gasteiger partial charge >= 0.3 is 0 Å². The summed E-state index contributed by atoms with van der Waals surface area (Å²) in [5, 5.41) is 11.1. The summed E-state index contributed by atoms with van der Waals surface area (Å²) in [6.07, 6.45) is 1.94. The highest BCUT2D eigenvalue weighted by Crippen LogP contribution is 2.28. The standard InChI is InChI=1S/C14H22N4S/c1-6-15-13(11-7-16-18(5)10(11)4)14-17-12(8-19-14)9(2)3/h7-9,13,15H,6H2,1-5H3. The Labute approximate surface area is 118 Å². The van der Waals surface area contributed by atoms with E-state index in [2.05, 4.69) is 43.5 Å². The second-order valence-corrected chi connectivity index (χ2v) is 5.95. The molecule has 0 saturated heterocycles. The van der Waals surface area contributed by atoms with Crippen molar-refractivity contribution in [1.82, 2.24) is 20.1 Å². The topological polar surface area (TPSA) is 42.7 Å². The summed E-state index contributed by atoms with van der Waals surface area (Å²) in [7, 11) is 1.98. The third-order valence-corrected chi connectivity index (χ3v) is 4.30. The summed E-state index contributed by atoms with van der Waals surface area (Å²) < 4.78 is 1.91. The van der Waals surface area contributed by atoms with Gasteiger partial charge in [0.05, 0.1) is 17.9 Å². The van der Waals surface area contributed by atoms with Gasteiger partial charge in [0, 0.05) is 23.7 Å². The number of hydrogen-bond donors (Lipinski definition) is 1. The molecule has 0 spiro atoms. The molecule has 0 aliphatic heterocycles. The van der Waals surface area contributed by atoms with Crippen molar-refractivity contribution in [3.05, 3.63) is 33.5 Å². The zero-order chi connectivity index (χ0) is 14.0. The first-order valence-electron chi connectivity index (χ1n) is 6.71. The van der Waals surface area contributed by atoms with Crippen LogP contribution in [0.4, 0.5) is 0 Å². The Morgan fingerprint density at radius 2 is 2.16 bits per heavy atom. The molecule has 2 rings (SSSR count). The second-order valence-electron chi connectivity index (χ2n) is 5.06. The first-order valence-corrected chi connectivity index (χ1v) is 7.59. The monoisotopic (exact) mass is 278 g/mol. The maximum atomic E-state index is 4.77. The maximum Gasteiger partial charge on any atom is 0.115 e. The van der Waals surface area contributed by atoms with Gasteiger partial charge < -0.3 is 5.32 Å². The zero-order valence-corrected chi connectivity index (χ0v) is 13.1. The minimum absolute atomic E-state index is 0.149. The van der Waals surface area contributed by atoms with Gasteiger partial charge in [0.1, 0.15) is 5.01 Å². The third-order valence-electron chi connectivity index (χ3n) is 3.37. The van der Waals surface area contributed by atoms with Gasteiger partial charge in [-0.25, -0.2) is 4.98 Å². The first kappa shape index (κ1) is 14.2. The molecule has 2 aromatic rings. The Hall–Kier alpha value is -1.20. The van der Waals surface area contributed by atoms with Gasteiger partial charge in [-0.15, -0.1) is 11.3 Å². The molecule has 2 heterocycles. The fourth-order valence-electron chi connectivity index (χ4n) is 2.03. The fourth-order valence-corrected chi connectivity index (χ4v) is 3.10. The molecule has 0 aliphatic carbocycles. The van der Waals surface area contributed by atoms with Crippen LogP contribution in [-0.4, -0.2) is 21.3 Å². The number of thiazole rings is 1. The predicted molar refractivity (Wildman–Crippen MR) is 79.7 cm³/mol. The molecule has 0 aliphatic rings. The van der Waals surface area contributed by atoms with E-state index in [1.54, 1.807) is 11.3 Å². The average molecular weight is 278 g/mol. The second kappa shape index (κ2) is 5.84. The van der Waals surface area contributed by atoms with Gasteiger partial charge in [0.25, 0.3) is 0 Å². The molecule has 0 amide bonds. The van der Waals surface area contributed by atoms with Crippen LogP contribution in [-0.2, 0) is 7.05 Å². The summed E-state index contributed by atoms with van der Waals surface area (Å²) in [6.45, 7) is 9.49. The molecule has 5 heteroatoms. The zero-order valence-electron chi connectivity index (χ0n) is 12.3. The Bertz CT molecular complexity index is 541. The molecule has 0 radical (unpaired) electrons. The fraction of sp³-hybridized carbons (Fsp3) is 0.571. The molecule has 1 N–H and O–H groups in total. The highest BCUT2D eigenvalue weighted by Gasteiger charge is 2.21. The minimum Gasteiger partial charge on any atom is -0.304 e.